The van der Waals surface area contributed by atoms with E-state index in [1.807, 2.05) is 7.05 Å². The quantitative estimate of drug-likeness (QED) is 0.719. The number of benzene rings is 1. The van der Waals surface area contributed by atoms with Crippen molar-refractivity contribution in [3.05, 3.63) is 64.8 Å². The third-order valence-corrected chi connectivity index (χ3v) is 7.02. The summed E-state index contributed by atoms with van der Waals surface area (Å²) in [6, 6.07) is 8.66. The van der Waals surface area contributed by atoms with Gasteiger partial charge in [0.2, 0.25) is 0 Å². The van der Waals surface area contributed by atoms with Crippen LogP contribution < -0.4 is 16.0 Å². The number of allylic oxidation sites excluding steroid dienone is 1. The molecular weight excluding hydrogens is 376 g/mol. The predicted molar refractivity (Wildman–Crippen MR) is 117 cm³/mol. The van der Waals surface area contributed by atoms with Gasteiger partial charge in [-0.1, -0.05) is 30.8 Å². The summed E-state index contributed by atoms with van der Waals surface area (Å²) in [6.07, 6.45) is 3.06. The molecule has 1 aliphatic carbocycles. The molecule has 2 aliphatic heterocycles. The predicted octanol–water partition coefficient (Wildman–Crippen LogP) is 1.85. The van der Waals surface area contributed by atoms with Gasteiger partial charge >= 0.3 is 0 Å². The Morgan fingerprint density at radius 2 is 2.07 bits per heavy atom. The van der Waals surface area contributed by atoms with E-state index < -0.39 is 0 Å². The van der Waals surface area contributed by atoms with Crippen molar-refractivity contribution in [2.24, 2.45) is 16.1 Å². The van der Waals surface area contributed by atoms with Gasteiger partial charge in [0.25, 0.3) is 0 Å². The fourth-order valence-electron chi connectivity index (χ4n) is 5.21. The summed E-state index contributed by atoms with van der Waals surface area (Å²) in [5, 5.41) is 13.0. The lowest BCUT2D eigenvalue weighted by molar-refractivity contribution is 0.186. The van der Waals surface area contributed by atoms with Crippen LogP contribution in [0.5, 0.6) is 0 Å². The third kappa shape index (κ3) is 2.84. The molecule has 0 amide bonds. The van der Waals surface area contributed by atoms with Crippen LogP contribution in [-0.4, -0.2) is 40.9 Å². The fraction of sp³-hybridized carbons (Fsp3) is 0.435. The molecule has 4 N–H and O–H groups in total. The number of aliphatic hydroxyl groups excluding tert-OH is 1. The maximum Gasteiger partial charge on any atom is 0.153 e. The summed E-state index contributed by atoms with van der Waals surface area (Å²) in [5.41, 5.74) is 13.1. The number of rotatable bonds is 4. The highest BCUT2D eigenvalue weighted by molar-refractivity contribution is 6.12. The van der Waals surface area contributed by atoms with Crippen molar-refractivity contribution < 1.29 is 5.11 Å². The first-order valence-corrected chi connectivity index (χ1v) is 10.6. The molecule has 0 saturated carbocycles. The monoisotopic (exact) mass is 404 g/mol. The van der Waals surface area contributed by atoms with Crippen molar-refractivity contribution in [1.82, 2.24) is 15.3 Å². The van der Waals surface area contributed by atoms with Gasteiger partial charge in [0, 0.05) is 26.2 Å². The molecule has 1 aromatic carbocycles. The summed E-state index contributed by atoms with van der Waals surface area (Å²) in [5.74, 6) is 0.779. The van der Waals surface area contributed by atoms with E-state index in [1.54, 1.807) is 0 Å². The van der Waals surface area contributed by atoms with Gasteiger partial charge < -0.3 is 21.1 Å². The van der Waals surface area contributed by atoms with E-state index in [-0.39, 0.29) is 18.1 Å². The Kier molecular flexibility index (Phi) is 4.60. The molecule has 3 aliphatic rings. The molecule has 30 heavy (non-hydrogen) atoms. The number of aliphatic imine (C=N–C) groups is 1. The highest BCUT2D eigenvalue weighted by atomic mass is 16.3. The summed E-state index contributed by atoms with van der Waals surface area (Å²) in [4.78, 5) is 16.4. The number of aliphatic hydroxyl groups is 1. The zero-order valence-corrected chi connectivity index (χ0v) is 17.4. The fourth-order valence-corrected chi connectivity index (χ4v) is 5.21. The number of likely N-dealkylation sites (N-methyl/N-ethyl adjacent to an activating group) is 1. The molecule has 0 unspecified atom stereocenters. The first kappa shape index (κ1) is 19.2. The van der Waals surface area contributed by atoms with Gasteiger partial charge in [-0.15, -0.1) is 0 Å². The molecule has 7 nitrogen and oxygen atoms in total. The molecule has 2 aromatic rings. The first-order valence-electron chi connectivity index (χ1n) is 10.6. The van der Waals surface area contributed by atoms with Crippen LogP contribution in [0.25, 0.3) is 0 Å². The Hall–Kier alpha value is -2.77. The molecule has 0 radical (unpaired) electrons. The van der Waals surface area contributed by atoms with Crippen LogP contribution in [0.1, 0.15) is 47.1 Å². The Bertz CT molecular complexity index is 1040. The number of hydrogen-bond donors (Lipinski definition) is 3. The molecule has 1 atom stereocenters. The highest BCUT2D eigenvalue weighted by Crippen LogP contribution is 2.51. The lowest BCUT2D eigenvalue weighted by Crippen LogP contribution is -2.45. The standard InChI is InChI=1S/C23H28N6O/c1-14(25-2)19-20-17(12-26-19)28-22(18(13-30)27-20)29-9-7-23(8-10-29)11-15-5-3-4-6-16(15)21(23)24/h3-6,21,25,30H,1,7-13,24H2,2H3/t21-/m1/s1. The minimum atomic E-state index is -0.151. The Morgan fingerprint density at radius 3 is 2.77 bits per heavy atom. The number of nitrogens with two attached hydrogens (primary N) is 1. The summed E-state index contributed by atoms with van der Waals surface area (Å²) < 4.78 is 0. The largest absolute Gasteiger partial charge is 0.390 e. The van der Waals surface area contributed by atoms with Gasteiger partial charge in [0.1, 0.15) is 17.1 Å². The second-order valence-electron chi connectivity index (χ2n) is 8.54. The van der Waals surface area contributed by atoms with E-state index in [0.717, 1.165) is 61.0 Å². The van der Waals surface area contributed by atoms with Crippen LogP contribution in [0.15, 0.2) is 41.5 Å². The van der Waals surface area contributed by atoms with Crippen molar-refractivity contribution in [2.45, 2.75) is 38.5 Å². The minimum Gasteiger partial charge on any atom is -0.390 e. The van der Waals surface area contributed by atoms with Crippen LogP contribution in [0.3, 0.4) is 0 Å². The van der Waals surface area contributed by atoms with Gasteiger partial charge in [-0.2, -0.15) is 0 Å². The minimum absolute atomic E-state index is 0.0859. The molecule has 1 fully saturated rings. The molecule has 0 bridgehead atoms. The maximum atomic E-state index is 10.0. The second-order valence-corrected chi connectivity index (χ2v) is 8.54. The molecule has 1 spiro atoms. The van der Waals surface area contributed by atoms with Crippen LogP contribution in [0, 0.1) is 5.41 Å². The third-order valence-electron chi connectivity index (χ3n) is 7.02. The molecule has 5 rings (SSSR count). The van der Waals surface area contributed by atoms with Gasteiger partial charge in [-0.25, -0.2) is 9.97 Å². The summed E-state index contributed by atoms with van der Waals surface area (Å²) >= 11 is 0. The zero-order valence-electron chi connectivity index (χ0n) is 17.4. The molecule has 156 valence electrons. The average molecular weight is 405 g/mol. The van der Waals surface area contributed by atoms with Crippen molar-refractivity contribution >= 4 is 11.5 Å². The molecule has 7 heteroatoms. The van der Waals surface area contributed by atoms with Gasteiger partial charge in [0.05, 0.1) is 24.5 Å². The van der Waals surface area contributed by atoms with Crippen molar-refractivity contribution in [3.8, 4) is 0 Å². The Balaban J connectivity index is 1.38. The SMILES string of the molecule is C=C(NC)C1=NCc2nc(N3CCC4(CC3)Cc3ccccc3[C@H]4N)c(CO)nc21. The van der Waals surface area contributed by atoms with Crippen molar-refractivity contribution in [2.75, 3.05) is 25.0 Å². The number of nitrogens with one attached hydrogen (secondary N) is 1. The topological polar surface area (TPSA) is 99.7 Å². The Labute approximate surface area is 176 Å². The second kappa shape index (κ2) is 7.18. The van der Waals surface area contributed by atoms with E-state index in [2.05, 4.69) is 46.1 Å². The lowest BCUT2D eigenvalue weighted by Gasteiger charge is -2.43. The van der Waals surface area contributed by atoms with E-state index in [0.29, 0.717) is 12.2 Å². The van der Waals surface area contributed by atoms with Crippen molar-refractivity contribution in [3.63, 3.8) is 0 Å². The number of anilines is 1. The molecular formula is C23H28N6O. The van der Waals surface area contributed by atoms with Crippen LogP contribution >= 0.6 is 0 Å². The van der Waals surface area contributed by atoms with Gasteiger partial charge in [0.15, 0.2) is 5.82 Å². The number of aromatic nitrogens is 2. The van der Waals surface area contributed by atoms with E-state index in [1.165, 1.54) is 11.1 Å². The van der Waals surface area contributed by atoms with Crippen LogP contribution in [0.2, 0.25) is 0 Å². The van der Waals surface area contributed by atoms with Crippen LogP contribution in [0.4, 0.5) is 5.82 Å². The normalized spacial score (nSPS) is 21.4. The molecule has 1 aromatic heterocycles. The first-order chi connectivity index (χ1) is 14.6. The van der Waals surface area contributed by atoms with E-state index in [4.69, 9.17) is 15.7 Å². The van der Waals surface area contributed by atoms with Gasteiger partial charge in [-0.05, 0) is 35.8 Å². The van der Waals surface area contributed by atoms with Crippen molar-refractivity contribution in [1.29, 1.82) is 0 Å². The highest BCUT2D eigenvalue weighted by Gasteiger charge is 2.46. The average Bonchev–Trinajstić information content (AvgIpc) is 3.32. The van der Waals surface area contributed by atoms with E-state index >= 15 is 0 Å². The van der Waals surface area contributed by atoms with E-state index in [9.17, 15) is 5.11 Å². The molecule has 3 heterocycles. The number of nitrogens with zero attached hydrogens (tertiary/aromatic N) is 4. The van der Waals surface area contributed by atoms with Crippen LogP contribution in [-0.2, 0) is 19.6 Å². The Morgan fingerprint density at radius 1 is 1.30 bits per heavy atom. The summed E-state index contributed by atoms with van der Waals surface area (Å²) in [6.45, 7) is 6.06. The number of hydrogen-bond acceptors (Lipinski definition) is 7. The smallest absolute Gasteiger partial charge is 0.153 e. The zero-order chi connectivity index (χ0) is 20.9. The number of piperidine rings is 1. The summed E-state index contributed by atoms with van der Waals surface area (Å²) in [7, 11) is 1.81. The lowest BCUT2D eigenvalue weighted by atomic mass is 9.73. The molecule has 1 saturated heterocycles. The van der Waals surface area contributed by atoms with Gasteiger partial charge in [-0.3, -0.25) is 4.99 Å². The number of fused-ring (bicyclic) bond motifs is 2. The maximum absolute atomic E-state index is 10.0.